The lowest BCUT2D eigenvalue weighted by molar-refractivity contribution is 0.101. The number of anilines is 1. The van der Waals surface area contributed by atoms with Crippen molar-refractivity contribution in [1.29, 1.82) is 0 Å². The smallest absolute Gasteiger partial charge is 0.280 e. The van der Waals surface area contributed by atoms with Crippen molar-refractivity contribution in [3.05, 3.63) is 88.6 Å². The lowest BCUT2D eigenvalue weighted by atomic mass is 10.3. The molecule has 0 saturated heterocycles. The van der Waals surface area contributed by atoms with Crippen molar-refractivity contribution in [3.8, 4) is 5.69 Å². The van der Waals surface area contributed by atoms with Gasteiger partial charge in [0.2, 0.25) is 5.43 Å². The summed E-state index contributed by atoms with van der Waals surface area (Å²) >= 11 is 0. The van der Waals surface area contributed by atoms with Gasteiger partial charge in [0.25, 0.3) is 5.91 Å². The predicted octanol–water partition coefficient (Wildman–Crippen LogP) is 2.62. The number of nitrogens with zero attached hydrogens (tertiary/aromatic N) is 2. The van der Waals surface area contributed by atoms with Crippen LogP contribution in [-0.4, -0.2) is 15.7 Å². The third-order valence-corrected chi connectivity index (χ3v) is 3.17. The van der Waals surface area contributed by atoms with E-state index in [1.807, 2.05) is 18.2 Å². The highest BCUT2D eigenvalue weighted by Gasteiger charge is 2.15. The minimum Gasteiger partial charge on any atom is -0.318 e. The average Bonchev–Trinajstić information content (AvgIpc) is 2.58. The first-order valence-electron chi connectivity index (χ1n) is 6.86. The fourth-order valence-electron chi connectivity index (χ4n) is 2.03. The van der Waals surface area contributed by atoms with Crippen LogP contribution in [0.15, 0.2) is 71.7 Å². The molecule has 0 unspecified atom stereocenters. The normalized spacial score (nSPS) is 10.3. The molecule has 0 aliphatic carbocycles. The van der Waals surface area contributed by atoms with Crippen LogP contribution in [0.3, 0.4) is 0 Å². The van der Waals surface area contributed by atoms with E-state index in [0.717, 1.165) is 0 Å². The number of rotatable bonds is 3. The summed E-state index contributed by atoms with van der Waals surface area (Å²) in [6.07, 6.45) is 1.47. The molecule has 0 aliphatic heterocycles. The highest BCUT2D eigenvalue weighted by Crippen LogP contribution is 2.13. The Bertz CT molecular complexity index is 907. The number of amides is 1. The average molecular weight is 309 g/mol. The number of carbonyl (C=O) groups is 1. The lowest BCUT2D eigenvalue weighted by Gasteiger charge is -2.08. The summed E-state index contributed by atoms with van der Waals surface area (Å²) in [5.41, 5.74) is -0.146. The topological polar surface area (TPSA) is 64.0 Å². The van der Waals surface area contributed by atoms with Crippen molar-refractivity contribution in [2.24, 2.45) is 0 Å². The van der Waals surface area contributed by atoms with Crippen molar-refractivity contribution in [1.82, 2.24) is 9.78 Å². The zero-order chi connectivity index (χ0) is 16.2. The predicted molar refractivity (Wildman–Crippen MR) is 84.2 cm³/mol. The van der Waals surface area contributed by atoms with Gasteiger partial charge in [-0.2, -0.15) is 5.10 Å². The summed E-state index contributed by atoms with van der Waals surface area (Å²) in [5, 5.41) is 6.39. The van der Waals surface area contributed by atoms with Crippen LogP contribution in [0, 0.1) is 5.82 Å². The molecule has 23 heavy (non-hydrogen) atoms. The summed E-state index contributed by atoms with van der Waals surface area (Å²) in [5.74, 6) is -1.34. The first kappa shape index (κ1) is 14.6. The van der Waals surface area contributed by atoms with Crippen LogP contribution >= 0.6 is 0 Å². The second-order valence-corrected chi connectivity index (χ2v) is 4.74. The maximum Gasteiger partial charge on any atom is 0.280 e. The van der Waals surface area contributed by atoms with Gasteiger partial charge in [-0.25, -0.2) is 9.07 Å². The van der Waals surface area contributed by atoms with E-state index in [-0.39, 0.29) is 11.4 Å². The van der Waals surface area contributed by atoms with Gasteiger partial charge in [-0.1, -0.05) is 30.3 Å². The zero-order valence-electron chi connectivity index (χ0n) is 11.9. The molecule has 1 aromatic heterocycles. The van der Waals surface area contributed by atoms with Crippen LogP contribution in [0.2, 0.25) is 0 Å². The Labute approximate surface area is 131 Å². The van der Waals surface area contributed by atoms with Crippen molar-refractivity contribution in [3.63, 3.8) is 0 Å². The van der Waals surface area contributed by atoms with E-state index in [0.29, 0.717) is 5.69 Å². The Morgan fingerprint density at radius 3 is 2.43 bits per heavy atom. The monoisotopic (exact) mass is 309 g/mol. The second-order valence-electron chi connectivity index (χ2n) is 4.74. The van der Waals surface area contributed by atoms with Crippen molar-refractivity contribution in [2.45, 2.75) is 0 Å². The van der Waals surface area contributed by atoms with Gasteiger partial charge in [0.05, 0.1) is 11.4 Å². The zero-order valence-corrected chi connectivity index (χ0v) is 11.9. The Hall–Kier alpha value is -3.28. The molecule has 6 heteroatoms. The van der Waals surface area contributed by atoms with Gasteiger partial charge >= 0.3 is 0 Å². The molecule has 0 aliphatic rings. The Morgan fingerprint density at radius 2 is 1.70 bits per heavy atom. The number of benzene rings is 2. The fraction of sp³-hybridized carbons (Fsp3) is 0. The van der Waals surface area contributed by atoms with E-state index in [2.05, 4.69) is 10.4 Å². The van der Waals surface area contributed by atoms with Gasteiger partial charge in [-0.3, -0.25) is 9.59 Å². The standard InChI is InChI=1S/C17H12FN3O2/c18-13-8-4-5-9-14(13)19-17(23)16-15(22)10-11-21(20-16)12-6-2-1-3-7-12/h1-11H,(H,19,23). The number of halogens is 1. The Balaban J connectivity index is 1.95. The van der Waals surface area contributed by atoms with E-state index in [1.54, 1.807) is 18.2 Å². The summed E-state index contributed by atoms with van der Waals surface area (Å²) in [6, 6.07) is 16.0. The molecule has 0 atom stereocenters. The third-order valence-electron chi connectivity index (χ3n) is 3.17. The van der Waals surface area contributed by atoms with Gasteiger partial charge in [0.1, 0.15) is 5.82 Å². The molecule has 0 fully saturated rings. The van der Waals surface area contributed by atoms with Gasteiger partial charge in [0, 0.05) is 12.3 Å². The third kappa shape index (κ3) is 3.16. The van der Waals surface area contributed by atoms with Gasteiger partial charge in [0.15, 0.2) is 5.69 Å². The first-order chi connectivity index (χ1) is 11.1. The maximum absolute atomic E-state index is 13.6. The highest BCUT2D eigenvalue weighted by atomic mass is 19.1. The lowest BCUT2D eigenvalue weighted by Crippen LogP contribution is -2.25. The largest absolute Gasteiger partial charge is 0.318 e. The number of hydrogen-bond donors (Lipinski definition) is 1. The summed E-state index contributed by atoms with van der Waals surface area (Å²) in [6.45, 7) is 0. The van der Waals surface area contributed by atoms with Crippen LogP contribution in [0.4, 0.5) is 10.1 Å². The van der Waals surface area contributed by atoms with E-state index >= 15 is 0 Å². The molecular formula is C17H12FN3O2. The van der Waals surface area contributed by atoms with Crippen LogP contribution < -0.4 is 10.7 Å². The summed E-state index contributed by atoms with van der Waals surface area (Å²) in [4.78, 5) is 24.1. The van der Waals surface area contributed by atoms with Crippen LogP contribution in [-0.2, 0) is 0 Å². The van der Waals surface area contributed by atoms with Crippen molar-refractivity contribution in [2.75, 3.05) is 5.32 Å². The number of para-hydroxylation sites is 2. The van der Waals surface area contributed by atoms with Crippen LogP contribution in [0.1, 0.15) is 10.5 Å². The Kier molecular flexibility index (Phi) is 3.97. The van der Waals surface area contributed by atoms with E-state index < -0.39 is 17.2 Å². The molecule has 0 spiro atoms. The molecule has 5 nitrogen and oxygen atoms in total. The maximum atomic E-state index is 13.6. The molecule has 1 heterocycles. The summed E-state index contributed by atoms with van der Waals surface area (Å²) in [7, 11) is 0. The van der Waals surface area contributed by atoms with E-state index in [9.17, 15) is 14.0 Å². The molecule has 0 saturated carbocycles. The molecule has 3 aromatic rings. The number of carbonyl (C=O) groups excluding carboxylic acids is 1. The van der Waals surface area contributed by atoms with Crippen LogP contribution in [0.5, 0.6) is 0 Å². The van der Waals surface area contributed by atoms with Gasteiger partial charge < -0.3 is 5.32 Å². The molecular weight excluding hydrogens is 297 g/mol. The molecule has 2 aromatic carbocycles. The minimum atomic E-state index is -0.759. The molecule has 1 N–H and O–H groups in total. The van der Waals surface area contributed by atoms with E-state index in [4.69, 9.17) is 0 Å². The highest BCUT2D eigenvalue weighted by molar-refractivity contribution is 6.02. The SMILES string of the molecule is O=C(Nc1ccccc1F)c1nn(-c2ccccc2)ccc1=O. The first-order valence-corrected chi connectivity index (χ1v) is 6.86. The summed E-state index contributed by atoms with van der Waals surface area (Å²) < 4.78 is 15.0. The van der Waals surface area contributed by atoms with Crippen molar-refractivity contribution < 1.29 is 9.18 Å². The number of hydrogen-bond acceptors (Lipinski definition) is 3. The molecule has 3 rings (SSSR count). The molecule has 0 bridgehead atoms. The second kappa shape index (κ2) is 6.23. The van der Waals surface area contributed by atoms with Crippen LogP contribution in [0.25, 0.3) is 5.69 Å². The molecule has 1 amide bonds. The molecule has 0 radical (unpaired) electrons. The van der Waals surface area contributed by atoms with E-state index in [1.165, 1.54) is 35.1 Å². The quantitative estimate of drug-likeness (QED) is 0.809. The fourth-order valence-corrected chi connectivity index (χ4v) is 2.03. The van der Waals surface area contributed by atoms with Gasteiger partial charge in [-0.05, 0) is 24.3 Å². The van der Waals surface area contributed by atoms with Crippen molar-refractivity contribution >= 4 is 11.6 Å². The Morgan fingerprint density at radius 1 is 1.00 bits per heavy atom. The minimum absolute atomic E-state index is 0.00573. The number of aromatic nitrogens is 2. The molecule has 114 valence electrons. The van der Waals surface area contributed by atoms with Gasteiger partial charge in [-0.15, -0.1) is 0 Å². The number of nitrogens with one attached hydrogen (secondary N) is 1.